The molecule has 0 amide bonds. The maximum absolute atomic E-state index is 12.0. The van der Waals surface area contributed by atoms with Crippen LogP contribution >= 0.6 is 34.8 Å². The number of carbonyl (C=O) groups is 1. The van der Waals surface area contributed by atoms with Gasteiger partial charge in [-0.3, -0.25) is 0 Å². The number of halogens is 3. The molecule has 2 aromatic rings. The quantitative estimate of drug-likeness (QED) is 0.420. The van der Waals surface area contributed by atoms with E-state index in [1.54, 1.807) is 19.1 Å². The van der Waals surface area contributed by atoms with Crippen molar-refractivity contribution in [2.45, 2.75) is 20.0 Å². The van der Waals surface area contributed by atoms with Gasteiger partial charge >= 0.3 is 5.97 Å². The molecule has 0 saturated carbocycles. The van der Waals surface area contributed by atoms with E-state index in [-0.39, 0.29) is 10.8 Å². The molecule has 2 aromatic carbocycles. The van der Waals surface area contributed by atoms with Crippen LogP contribution in [-0.2, 0) is 4.79 Å². The highest BCUT2D eigenvalue weighted by Crippen LogP contribution is 2.34. The Labute approximate surface area is 143 Å². The average Bonchev–Trinajstić information content (AvgIpc) is 2.47. The zero-order chi connectivity index (χ0) is 16.3. The molecule has 3 nitrogen and oxygen atoms in total. The van der Waals surface area contributed by atoms with Gasteiger partial charge in [-0.15, -0.1) is 0 Å². The number of rotatable bonds is 4. The third-order valence-corrected chi connectivity index (χ3v) is 3.87. The summed E-state index contributed by atoms with van der Waals surface area (Å²) >= 11 is 17.8. The second-order valence-corrected chi connectivity index (χ2v) is 5.91. The number of ether oxygens (including phenoxy) is 2. The number of carbonyl (C=O) groups excluding carboxylic acids is 1. The molecular weight excluding hydrogens is 347 g/mol. The number of esters is 1. The van der Waals surface area contributed by atoms with Gasteiger partial charge in [-0.1, -0.05) is 52.5 Å². The summed E-state index contributed by atoms with van der Waals surface area (Å²) in [4.78, 5) is 12.0. The molecule has 0 radical (unpaired) electrons. The third-order valence-electron chi connectivity index (χ3n) is 2.85. The molecule has 22 heavy (non-hydrogen) atoms. The van der Waals surface area contributed by atoms with Crippen molar-refractivity contribution in [2.75, 3.05) is 0 Å². The summed E-state index contributed by atoms with van der Waals surface area (Å²) in [6.45, 7) is 3.51. The van der Waals surface area contributed by atoms with Crippen molar-refractivity contribution in [1.29, 1.82) is 0 Å². The molecule has 0 N–H and O–H groups in total. The fourth-order valence-electron chi connectivity index (χ4n) is 1.64. The number of aryl methyl sites for hydroxylation is 1. The second-order valence-electron chi connectivity index (χ2n) is 4.69. The van der Waals surface area contributed by atoms with Crippen molar-refractivity contribution in [1.82, 2.24) is 0 Å². The van der Waals surface area contributed by atoms with Gasteiger partial charge in [0.25, 0.3) is 0 Å². The van der Waals surface area contributed by atoms with E-state index in [1.807, 2.05) is 19.1 Å². The van der Waals surface area contributed by atoms with E-state index >= 15 is 0 Å². The Hall–Kier alpha value is -1.42. The van der Waals surface area contributed by atoms with Gasteiger partial charge in [-0.25, -0.2) is 4.79 Å². The zero-order valence-electron chi connectivity index (χ0n) is 11.9. The largest absolute Gasteiger partial charge is 0.477 e. The fraction of sp³-hybridized carbons (Fsp3) is 0.188. The zero-order valence-corrected chi connectivity index (χ0v) is 14.2. The molecule has 0 unspecified atom stereocenters. The van der Waals surface area contributed by atoms with Gasteiger partial charge in [0.15, 0.2) is 6.10 Å². The highest BCUT2D eigenvalue weighted by molar-refractivity contribution is 6.43. The minimum atomic E-state index is -0.851. The van der Waals surface area contributed by atoms with E-state index in [4.69, 9.17) is 44.3 Å². The van der Waals surface area contributed by atoms with Crippen molar-refractivity contribution in [3.8, 4) is 11.5 Å². The highest BCUT2D eigenvalue weighted by atomic mass is 35.5. The Balaban J connectivity index is 2.05. The molecule has 0 saturated heterocycles. The molecule has 0 heterocycles. The van der Waals surface area contributed by atoms with Gasteiger partial charge in [0.1, 0.15) is 11.5 Å². The minimum Gasteiger partial charge on any atom is -0.477 e. The van der Waals surface area contributed by atoms with Crippen LogP contribution in [0.5, 0.6) is 11.5 Å². The lowest BCUT2D eigenvalue weighted by Crippen LogP contribution is -2.28. The summed E-state index contributed by atoms with van der Waals surface area (Å²) in [6, 6.07) is 10.0. The first kappa shape index (κ1) is 16.9. The molecule has 0 bridgehead atoms. The van der Waals surface area contributed by atoms with E-state index < -0.39 is 12.1 Å². The Kier molecular flexibility index (Phi) is 5.57. The molecule has 0 aliphatic heterocycles. The standard InChI is InChI=1S/C16H13Cl3O3/c1-9-3-5-11(6-4-9)22-16(20)10(2)21-15-8-13(18)12(17)7-14(15)19/h3-8,10H,1-2H3/t10-/m0/s1. The van der Waals surface area contributed by atoms with Gasteiger partial charge in [-0.05, 0) is 32.0 Å². The van der Waals surface area contributed by atoms with E-state index in [0.29, 0.717) is 15.8 Å². The fourth-order valence-corrected chi connectivity index (χ4v) is 2.22. The van der Waals surface area contributed by atoms with Crippen LogP contribution in [0.15, 0.2) is 36.4 Å². The van der Waals surface area contributed by atoms with Crippen LogP contribution in [0.1, 0.15) is 12.5 Å². The van der Waals surface area contributed by atoms with Gasteiger partial charge in [0.2, 0.25) is 0 Å². The highest BCUT2D eigenvalue weighted by Gasteiger charge is 2.19. The maximum atomic E-state index is 12.0. The Bertz CT molecular complexity index is 684. The predicted octanol–water partition coefficient (Wildman–Crippen LogP) is 5.33. The van der Waals surface area contributed by atoms with Crippen LogP contribution in [0, 0.1) is 6.92 Å². The van der Waals surface area contributed by atoms with Crippen molar-refractivity contribution in [3.05, 3.63) is 57.0 Å². The van der Waals surface area contributed by atoms with Crippen LogP contribution in [-0.4, -0.2) is 12.1 Å². The van der Waals surface area contributed by atoms with Crippen molar-refractivity contribution >= 4 is 40.8 Å². The number of benzene rings is 2. The summed E-state index contributed by atoms with van der Waals surface area (Å²) in [5.41, 5.74) is 1.08. The molecule has 0 aliphatic rings. The molecule has 2 rings (SSSR count). The number of hydrogen-bond donors (Lipinski definition) is 0. The Morgan fingerprint density at radius 3 is 2.23 bits per heavy atom. The van der Waals surface area contributed by atoms with E-state index in [9.17, 15) is 4.79 Å². The van der Waals surface area contributed by atoms with Crippen molar-refractivity contribution < 1.29 is 14.3 Å². The van der Waals surface area contributed by atoms with Gasteiger partial charge in [0.05, 0.1) is 15.1 Å². The molecule has 0 spiro atoms. The summed E-state index contributed by atoms with van der Waals surface area (Å²) in [5.74, 6) is 0.182. The molecule has 116 valence electrons. The predicted molar refractivity (Wildman–Crippen MR) is 88.4 cm³/mol. The molecule has 6 heteroatoms. The van der Waals surface area contributed by atoms with Gasteiger partial charge < -0.3 is 9.47 Å². The summed E-state index contributed by atoms with van der Waals surface area (Å²) in [6.07, 6.45) is -0.851. The van der Waals surface area contributed by atoms with Crippen LogP contribution in [0.25, 0.3) is 0 Å². The second kappa shape index (κ2) is 7.23. The first-order chi connectivity index (χ1) is 10.4. The Morgan fingerprint density at radius 1 is 1.00 bits per heavy atom. The van der Waals surface area contributed by atoms with Crippen molar-refractivity contribution in [2.24, 2.45) is 0 Å². The molecule has 0 fully saturated rings. The minimum absolute atomic E-state index is 0.268. The molecular formula is C16H13Cl3O3. The van der Waals surface area contributed by atoms with E-state index in [2.05, 4.69) is 0 Å². The monoisotopic (exact) mass is 358 g/mol. The third kappa shape index (κ3) is 4.29. The molecule has 0 aromatic heterocycles. The average molecular weight is 360 g/mol. The van der Waals surface area contributed by atoms with Crippen LogP contribution in [0.2, 0.25) is 15.1 Å². The van der Waals surface area contributed by atoms with E-state index in [1.165, 1.54) is 12.1 Å². The first-order valence-electron chi connectivity index (χ1n) is 6.46. The van der Waals surface area contributed by atoms with E-state index in [0.717, 1.165) is 5.56 Å². The van der Waals surface area contributed by atoms with Crippen molar-refractivity contribution in [3.63, 3.8) is 0 Å². The number of hydrogen-bond acceptors (Lipinski definition) is 3. The smallest absolute Gasteiger partial charge is 0.352 e. The van der Waals surface area contributed by atoms with Crippen LogP contribution in [0.4, 0.5) is 0 Å². The first-order valence-corrected chi connectivity index (χ1v) is 7.60. The van der Waals surface area contributed by atoms with Crippen LogP contribution in [0.3, 0.4) is 0 Å². The van der Waals surface area contributed by atoms with Gasteiger partial charge in [-0.2, -0.15) is 0 Å². The molecule has 0 aliphatic carbocycles. The summed E-state index contributed by atoms with van der Waals surface area (Å²) in [7, 11) is 0. The Morgan fingerprint density at radius 2 is 1.59 bits per heavy atom. The SMILES string of the molecule is Cc1ccc(OC(=O)[C@H](C)Oc2cc(Cl)c(Cl)cc2Cl)cc1. The van der Waals surface area contributed by atoms with Crippen LogP contribution < -0.4 is 9.47 Å². The lowest BCUT2D eigenvalue weighted by molar-refractivity contribution is -0.141. The summed E-state index contributed by atoms with van der Waals surface area (Å²) < 4.78 is 10.7. The topological polar surface area (TPSA) is 35.5 Å². The van der Waals surface area contributed by atoms with Gasteiger partial charge in [0, 0.05) is 6.07 Å². The lowest BCUT2D eigenvalue weighted by atomic mass is 10.2. The molecule has 1 atom stereocenters. The lowest BCUT2D eigenvalue weighted by Gasteiger charge is -2.15. The summed E-state index contributed by atoms with van der Waals surface area (Å²) in [5, 5.41) is 0.874. The normalized spacial score (nSPS) is 11.9. The maximum Gasteiger partial charge on any atom is 0.352 e.